The molecule has 4 rings (SSSR count). The van der Waals surface area contributed by atoms with Crippen molar-refractivity contribution in [3.63, 3.8) is 0 Å². The predicted molar refractivity (Wildman–Crippen MR) is 131 cm³/mol. The van der Waals surface area contributed by atoms with E-state index in [2.05, 4.69) is 48.0 Å². The van der Waals surface area contributed by atoms with Gasteiger partial charge in [-0.25, -0.2) is 0 Å². The van der Waals surface area contributed by atoms with Gasteiger partial charge in [0.1, 0.15) is 0 Å². The van der Waals surface area contributed by atoms with Crippen molar-refractivity contribution >= 4 is 17.3 Å². The monoisotopic (exact) mass is 435 g/mol. The van der Waals surface area contributed by atoms with E-state index in [1.807, 2.05) is 29.2 Å². The number of aliphatic hydroxyl groups excluding tert-OH is 1. The number of rotatable bonds is 8. The highest BCUT2D eigenvalue weighted by Crippen LogP contribution is 2.32. The van der Waals surface area contributed by atoms with E-state index in [4.69, 9.17) is 0 Å². The minimum atomic E-state index is -0.419. The predicted octanol–water partition coefficient (Wildman–Crippen LogP) is 4.26. The topological polar surface area (TPSA) is 47.0 Å². The second-order valence-electron chi connectivity index (χ2n) is 9.35. The maximum absolute atomic E-state index is 13.3. The quantitative estimate of drug-likeness (QED) is 0.673. The smallest absolute Gasteiger partial charge is 0.230 e. The number of aliphatic hydroxyl groups is 1. The van der Waals surface area contributed by atoms with Crippen molar-refractivity contribution in [3.05, 3.63) is 59.7 Å². The van der Waals surface area contributed by atoms with Gasteiger partial charge in [-0.05, 0) is 55.6 Å². The molecule has 0 aromatic heterocycles. The Morgan fingerprint density at radius 2 is 1.72 bits per heavy atom. The number of carbonyl (C=O) groups is 1. The van der Waals surface area contributed by atoms with Gasteiger partial charge in [0.2, 0.25) is 5.91 Å². The maximum atomic E-state index is 13.3. The highest BCUT2D eigenvalue weighted by molar-refractivity contribution is 5.97. The summed E-state index contributed by atoms with van der Waals surface area (Å²) in [6.07, 6.45) is 4.15. The Morgan fingerprint density at radius 1 is 1.00 bits per heavy atom. The Bertz CT molecular complexity index is 890. The second-order valence-corrected chi connectivity index (χ2v) is 9.35. The van der Waals surface area contributed by atoms with Crippen LogP contribution in [0.3, 0.4) is 0 Å². The van der Waals surface area contributed by atoms with Crippen LogP contribution >= 0.6 is 0 Å². The summed E-state index contributed by atoms with van der Waals surface area (Å²) in [5.74, 6) is 0.246. The summed E-state index contributed by atoms with van der Waals surface area (Å²) >= 11 is 0. The fourth-order valence-corrected chi connectivity index (χ4v) is 4.93. The lowest BCUT2D eigenvalue weighted by molar-refractivity contribution is -0.120. The van der Waals surface area contributed by atoms with Crippen LogP contribution in [0.2, 0.25) is 0 Å². The Hall–Kier alpha value is -2.37. The molecule has 5 nitrogen and oxygen atoms in total. The molecule has 0 bridgehead atoms. The van der Waals surface area contributed by atoms with Crippen LogP contribution in [0.15, 0.2) is 48.5 Å². The van der Waals surface area contributed by atoms with Crippen molar-refractivity contribution in [2.45, 2.75) is 45.1 Å². The van der Waals surface area contributed by atoms with Crippen LogP contribution in [-0.4, -0.2) is 55.7 Å². The zero-order valence-corrected chi connectivity index (χ0v) is 19.5. The van der Waals surface area contributed by atoms with Crippen molar-refractivity contribution in [1.29, 1.82) is 0 Å². The van der Waals surface area contributed by atoms with Crippen LogP contribution in [0, 0.1) is 5.92 Å². The summed E-state index contributed by atoms with van der Waals surface area (Å²) in [5.41, 5.74) is 4.45. The molecule has 1 N–H and O–H groups in total. The normalized spacial score (nSPS) is 20.7. The van der Waals surface area contributed by atoms with Gasteiger partial charge in [-0.1, -0.05) is 50.1 Å². The Morgan fingerprint density at radius 3 is 2.44 bits per heavy atom. The molecule has 2 aliphatic rings. The number of nitrogens with zero attached hydrogens (tertiary/aromatic N) is 3. The fourth-order valence-electron chi connectivity index (χ4n) is 4.93. The van der Waals surface area contributed by atoms with E-state index in [9.17, 15) is 9.90 Å². The first-order valence-electron chi connectivity index (χ1n) is 12.2. The largest absolute Gasteiger partial charge is 0.388 e. The number of hydrogen-bond donors (Lipinski definition) is 1. The molecule has 2 aromatic rings. The molecule has 2 aromatic carbocycles. The molecule has 0 aliphatic carbocycles. The molecule has 0 radical (unpaired) electrons. The summed E-state index contributed by atoms with van der Waals surface area (Å²) in [5, 5.41) is 10.3. The van der Waals surface area contributed by atoms with Crippen LogP contribution in [0.5, 0.6) is 0 Å². The van der Waals surface area contributed by atoms with Gasteiger partial charge in [-0.3, -0.25) is 4.79 Å². The average molecular weight is 436 g/mol. The van der Waals surface area contributed by atoms with Gasteiger partial charge in [0, 0.05) is 50.0 Å². The first kappa shape index (κ1) is 22.8. The van der Waals surface area contributed by atoms with Gasteiger partial charge >= 0.3 is 0 Å². The van der Waals surface area contributed by atoms with Crippen LogP contribution in [0.25, 0.3) is 0 Å². The first-order valence-corrected chi connectivity index (χ1v) is 12.2. The van der Waals surface area contributed by atoms with E-state index in [1.165, 1.54) is 11.3 Å². The Labute approximate surface area is 192 Å². The third-order valence-corrected chi connectivity index (χ3v) is 7.04. The van der Waals surface area contributed by atoms with E-state index < -0.39 is 6.10 Å². The van der Waals surface area contributed by atoms with Crippen molar-refractivity contribution in [2.24, 2.45) is 5.92 Å². The number of likely N-dealkylation sites (N-methyl/N-ethyl adjacent to an activating group) is 1. The highest BCUT2D eigenvalue weighted by atomic mass is 16.3. The molecule has 2 unspecified atom stereocenters. The van der Waals surface area contributed by atoms with Crippen molar-refractivity contribution in [1.82, 2.24) is 4.90 Å². The molecule has 0 spiro atoms. The van der Waals surface area contributed by atoms with E-state index in [0.29, 0.717) is 0 Å². The average Bonchev–Trinajstić information content (AvgIpc) is 3.18. The molecule has 2 fully saturated rings. The van der Waals surface area contributed by atoms with Crippen molar-refractivity contribution in [3.8, 4) is 0 Å². The number of benzene rings is 2. The minimum absolute atomic E-state index is 0.0263. The molecule has 0 saturated carbocycles. The third kappa shape index (κ3) is 5.16. The number of carbonyl (C=O) groups excluding carboxylic acids is 1. The van der Waals surface area contributed by atoms with Crippen LogP contribution in [0.1, 0.15) is 49.8 Å². The van der Waals surface area contributed by atoms with Crippen molar-refractivity contribution in [2.75, 3.05) is 49.6 Å². The molecule has 5 heteroatoms. The molecular formula is C27H37N3O2. The molecule has 2 atom stereocenters. The maximum Gasteiger partial charge on any atom is 0.230 e. The summed E-state index contributed by atoms with van der Waals surface area (Å²) in [6, 6.07) is 16.5. The number of amides is 1. The minimum Gasteiger partial charge on any atom is -0.388 e. The van der Waals surface area contributed by atoms with Gasteiger partial charge < -0.3 is 19.8 Å². The molecule has 2 aliphatic heterocycles. The first-order chi connectivity index (χ1) is 15.6. The van der Waals surface area contributed by atoms with Gasteiger partial charge in [-0.15, -0.1) is 0 Å². The lowest BCUT2D eigenvalue weighted by atomic mass is 9.96. The zero-order valence-electron chi connectivity index (χ0n) is 19.5. The molecule has 2 heterocycles. The summed E-state index contributed by atoms with van der Waals surface area (Å²) in [7, 11) is 2.17. The van der Waals surface area contributed by atoms with Crippen LogP contribution < -0.4 is 9.80 Å². The number of piperazine rings is 1. The summed E-state index contributed by atoms with van der Waals surface area (Å²) in [4.78, 5) is 20.0. The standard InChI is InChI=1S/C27H37N3O2/c1-3-4-9-26(31)21-10-12-24(13-11-21)30-15-14-23(27(30)32)20-22-7-5-6-8-25(22)29-18-16-28(2)17-19-29/h5-8,10-13,23,26,31H,3-4,9,14-20H2,1-2H3. The van der Waals surface area contributed by atoms with Gasteiger partial charge in [0.05, 0.1) is 6.10 Å². The second kappa shape index (κ2) is 10.5. The lowest BCUT2D eigenvalue weighted by Crippen LogP contribution is -2.44. The Balaban J connectivity index is 1.41. The molecular weight excluding hydrogens is 398 g/mol. The summed E-state index contributed by atoms with van der Waals surface area (Å²) < 4.78 is 0. The zero-order chi connectivity index (χ0) is 22.5. The molecule has 32 heavy (non-hydrogen) atoms. The summed E-state index contributed by atoms with van der Waals surface area (Å²) in [6.45, 7) is 7.12. The van der Waals surface area contributed by atoms with E-state index in [-0.39, 0.29) is 11.8 Å². The number of hydrogen-bond acceptors (Lipinski definition) is 4. The van der Waals surface area contributed by atoms with E-state index in [1.54, 1.807) is 0 Å². The van der Waals surface area contributed by atoms with Gasteiger partial charge in [-0.2, -0.15) is 0 Å². The number of anilines is 2. The lowest BCUT2D eigenvalue weighted by Gasteiger charge is -2.35. The molecule has 1 amide bonds. The third-order valence-electron chi connectivity index (χ3n) is 7.04. The van der Waals surface area contributed by atoms with Gasteiger partial charge in [0.15, 0.2) is 0 Å². The van der Waals surface area contributed by atoms with E-state index in [0.717, 1.165) is 76.1 Å². The van der Waals surface area contributed by atoms with E-state index >= 15 is 0 Å². The fraction of sp³-hybridized carbons (Fsp3) is 0.519. The number of unbranched alkanes of at least 4 members (excludes halogenated alkanes) is 1. The van der Waals surface area contributed by atoms with Crippen LogP contribution in [0.4, 0.5) is 11.4 Å². The number of para-hydroxylation sites is 1. The van der Waals surface area contributed by atoms with Crippen LogP contribution in [-0.2, 0) is 11.2 Å². The van der Waals surface area contributed by atoms with Crippen molar-refractivity contribution < 1.29 is 9.90 Å². The molecule has 2 saturated heterocycles. The Kier molecular flexibility index (Phi) is 7.48. The highest BCUT2D eigenvalue weighted by Gasteiger charge is 2.33. The SMILES string of the molecule is CCCCC(O)c1ccc(N2CCC(Cc3ccccc3N3CCN(C)CC3)C2=O)cc1. The van der Waals surface area contributed by atoms with Gasteiger partial charge in [0.25, 0.3) is 0 Å². The molecule has 172 valence electrons.